The van der Waals surface area contributed by atoms with Crippen LogP contribution in [0, 0.1) is 11.3 Å². The summed E-state index contributed by atoms with van der Waals surface area (Å²) in [5, 5.41) is 3.65. The highest BCUT2D eigenvalue weighted by atomic mass is 32.2. The van der Waals surface area contributed by atoms with Crippen LogP contribution in [0.4, 0.5) is 0 Å². The van der Waals surface area contributed by atoms with Crippen LogP contribution in [0.2, 0.25) is 0 Å². The lowest BCUT2D eigenvalue weighted by molar-refractivity contribution is 0.125. The quantitative estimate of drug-likeness (QED) is 0.639. The van der Waals surface area contributed by atoms with Crippen molar-refractivity contribution in [1.29, 1.82) is 0 Å². The molecular weight excluding hydrogens is 202 g/mol. The van der Waals surface area contributed by atoms with Gasteiger partial charge in [-0.2, -0.15) is 11.8 Å². The summed E-state index contributed by atoms with van der Waals surface area (Å²) in [5.41, 5.74) is 0.678. The first-order chi connectivity index (χ1) is 7.18. The minimum Gasteiger partial charge on any atom is -0.316 e. The molecule has 0 aliphatic heterocycles. The normalized spacial score (nSPS) is 19.2. The smallest absolute Gasteiger partial charge is 0.000821 e. The Hall–Kier alpha value is 0.310. The van der Waals surface area contributed by atoms with Gasteiger partial charge in [0.15, 0.2) is 0 Å². The Morgan fingerprint density at radius 2 is 2.07 bits per heavy atom. The summed E-state index contributed by atoms with van der Waals surface area (Å²) in [6.07, 6.45) is 5.81. The molecule has 15 heavy (non-hydrogen) atoms. The van der Waals surface area contributed by atoms with Gasteiger partial charge in [-0.15, -0.1) is 0 Å². The summed E-state index contributed by atoms with van der Waals surface area (Å²) in [5.74, 6) is 3.42. The number of rotatable bonds is 8. The molecule has 0 aromatic rings. The molecule has 0 unspecified atom stereocenters. The van der Waals surface area contributed by atoms with Gasteiger partial charge >= 0.3 is 0 Å². The monoisotopic (exact) mass is 229 g/mol. The fourth-order valence-electron chi connectivity index (χ4n) is 2.25. The first kappa shape index (κ1) is 13.4. The molecule has 0 saturated heterocycles. The molecule has 90 valence electrons. The van der Waals surface area contributed by atoms with Crippen molar-refractivity contribution in [3.63, 3.8) is 0 Å². The molecule has 1 aliphatic carbocycles. The van der Waals surface area contributed by atoms with E-state index in [4.69, 9.17) is 0 Å². The molecule has 1 saturated carbocycles. The summed E-state index contributed by atoms with van der Waals surface area (Å²) in [4.78, 5) is 0. The van der Waals surface area contributed by atoms with Crippen molar-refractivity contribution in [2.24, 2.45) is 11.3 Å². The highest BCUT2D eigenvalue weighted by Gasteiger charge is 2.35. The van der Waals surface area contributed by atoms with E-state index in [1.165, 1.54) is 50.3 Å². The third kappa shape index (κ3) is 4.78. The molecule has 0 heterocycles. The number of hydrogen-bond acceptors (Lipinski definition) is 2. The lowest BCUT2D eigenvalue weighted by Gasteiger charge is -2.42. The maximum Gasteiger partial charge on any atom is 0.000821 e. The average Bonchev–Trinajstić information content (AvgIpc) is 2.12. The Balaban J connectivity index is 2.15. The minimum absolute atomic E-state index is 0.678. The van der Waals surface area contributed by atoms with Gasteiger partial charge in [0.1, 0.15) is 0 Å². The Labute approximate surface area is 99.8 Å². The van der Waals surface area contributed by atoms with Crippen LogP contribution in [0.1, 0.15) is 46.5 Å². The molecule has 0 bridgehead atoms. The zero-order valence-corrected chi connectivity index (χ0v) is 11.5. The zero-order chi connectivity index (χ0) is 11.1. The SMILES string of the molecule is CCSCCC1(CNCC(C)C)CCC1. The predicted molar refractivity (Wildman–Crippen MR) is 71.6 cm³/mol. The van der Waals surface area contributed by atoms with Crippen LogP contribution in [0.3, 0.4) is 0 Å². The number of nitrogens with one attached hydrogen (secondary N) is 1. The zero-order valence-electron chi connectivity index (χ0n) is 10.6. The van der Waals surface area contributed by atoms with E-state index in [1.54, 1.807) is 0 Å². The molecule has 2 heteroatoms. The second-order valence-corrected chi connectivity index (χ2v) is 6.72. The van der Waals surface area contributed by atoms with E-state index in [-0.39, 0.29) is 0 Å². The van der Waals surface area contributed by atoms with E-state index in [0.717, 1.165) is 5.92 Å². The summed E-state index contributed by atoms with van der Waals surface area (Å²) in [7, 11) is 0. The van der Waals surface area contributed by atoms with E-state index in [9.17, 15) is 0 Å². The number of thioether (sulfide) groups is 1. The Morgan fingerprint density at radius 1 is 1.33 bits per heavy atom. The summed E-state index contributed by atoms with van der Waals surface area (Å²) in [6, 6.07) is 0. The van der Waals surface area contributed by atoms with Crippen LogP contribution in [0.25, 0.3) is 0 Å². The molecule has 0 atom stereocenters. The van der Waals surface area contributed by atoms with E-state index < -0.39 is 0 Å². The van der Waals surface area contributed by atoms with E-state index in [2.05, 4.69) is 37.8 Å². The molecule has 1 rings (SSSR count). The maximum atomic E-state index is 3.65. The molecule has 1 N–H and O–H groups in total. The summed E-state index contributed by atoms with van der Waals surface area (Å²) >= 11 is 2.10. The van der Waals surface area contributed by atoms with Gasteiger partial charge in [-0.3, -0.25) is 0 Å². The van der Waals surface area contributed by atoms with Gasteiger partial charge in [0.2, 0.25) is 0 Å². The van der Waals surface area contributed by atoms with Crippen molar-refractivity contribution >= 4 is 11.8 Å². The van der Waals surface area contributed by atoms with Crippen LogP contribution in [-0.4, -0.2) is 24.6 Å². The van der Waals surface area contributed by atoms with Crippen molar-refractivity contribution in [3.05, 3.63) is 0 Å². The van der Waals surface area contributed by atoms with Crippen LogP contribution in [0.5, 0.6) is 0 Å². The molecule has 1 nitrogen and oxygen atoms in total. The lowest BCUT2D eigenvalue weighted by Crippen LogP contribution is -2.41. The Bertz CT molecular complexity index is 164. The van der Waals surface area contributed by atoms with E-state index >= 15 is 0 Å². The topological polar surface area (TPSA) is 12.0 Å². The molecule has 0 spiro atoms. The van der Waals surface area contributed by atoms with Gasteiger partial charge in [-0.1, -0.05) is 27.2 Å². The Morgan fingerprint density at radius 3 is 2.53 bits per heavy atom. The fraction of sp³-hybridized carbons (Fsp3) is 1.00. The highest BCUT2D eigenvalue weighted by Crippen LogP contribution is 2.44. The Kier molecular flexibility index (Phi) is 6.06. The summed E-state index contributed by atoms with van der Waals surface area (Å²) < 4.78 is 0. The van der Waals surface area contributed by atoms with E-state index in [0.29, 0.717) is 5.41 Å². The van der Waals surface area contributed by atoms with Gasteiger partial charge in [0.05, 0.1) is 0 Å². The largest absolute Gasteiger partial charge is 0.316 e. The summed E-state index contributed by atoms with van der Waals surface area (Å²) in [6.45, 7) is 9.27. The average molecular weight is 229 g/mol. The standard InChI is InChI=1S/C13H27NS/c1-4-15-9-8-13(6-5-7-13)11-14-10-12(2)3/h12,14H,4-11H2,1-3H3. The van der Waals surface area contributed by atoms with Crippen molar-refractivity contribution in [1.82, 2.24) is 5.32 Å². The van der Waals surface area contributed by atoms with Gasteiger partial charge in [0, 0.05) is 6.54 Å². The van der Waals surface area contributed by atoms with Gasteiger partial charge in [0.25, 0.3) is 0 Å². The fourth-order valence-corrected chi connectivity index (χ4v) is 3.12. The second kappa shape index (κ2) is 6.80. The van der Waals surface area contributed by atoms with Crippen LogP contribution in [0.15, 0.2) is 0 Å². The first-order valence-electron chi connectivity index (χ1n) is 6.47. The van der Waals surface area contributed by atoms with Crippen molar-refractivity contribution in [3.8, 4) is 0 Å². The third-order valence-corrected chi connectivity index (χ3v) is 4.35. The van der Waals surface area contributed by atoms with E-state index in [1.807, 2.05) is 0 Å². The lowest BCUT2D eigenvalue weighted by atomic mass is 9.67. The molecule has 0 radical (unpaired) electrons. The second-order valence-electron chi connectivity index (χ2n) is 5.33. The van der Waals surface area contributed by atoms with Gasteiger partial charge < -0.3 is 5.32 Å². The highest BCUT2D eigenvalue weighted by molar-refractivity contribution is 7.99. The molecule has 1 fully saturated rings. The van der Waals surface area contributed by atoms with Crippen molar-refractivity contribution < 1.29 is 0 Å². The molecular formula is C13H27NS. The van der Waals surface area contributed by atoms with Gasteiger partial charge in [-0.05, 0) is 48.6 Å². The third-order valence-electron chi connectivity index (χ3n) is 3.45. The minimum atomic E-state index is 0.678. The van der Waals surface area contributed by atoms with Gasteiger partial charge in [-0.25, -0.2) is 0 Å². The molecule has 0 aromatic heterocycles. The number of hydrogen-bond donors (Lipinski definition) is 1. The molecule has 0 aromatic carbocycles. The maximum absolute atomic E-state index is 3.65. The molecule has 0 amide bonds. The van der Waals surface area contributed by atoms with Crippen molar-refractivity contribution in [2.75, 3.05) is 24.6 Å². The van der Waals surface area contributed by atoms with Crippen LogP contribution < -0.4 is 5.32 Å². The van der Waals surface area contributed by atoms with Crippen LogP contribution >= 0.6 is 11.8 Å². The van der Waals surface area contributed by atoms with Crippen LogP contribution in [-0.2, 0) is 0 Å². The first-order valence-corrected chi connectivity index (χ1v) is 7.62. The molecule has 1 aliphatic rings. The van der Waals surface area contributed by atoms with Crippen molar-refractivity contribution in [2.45, 2.75) is 46.5 Å². The predicted octanol–water partition coefficient (Wildman–Crippen LogP) is 3.55.